The molecule has 2 unspecified atom stereocenters. The van der Waals surface area contributed by atoms with Gasteiger partial charge in [0.15, 0.2) is 5.82 Å². The molecule has 0 radical (unpaired) electrons. The first-order valence-electron chi connectivity index (χ1n) is 8.77. The maximum atomic E-state index is 13.9. The summed E-state index contributed by atoms with van der Waals surface area (Å²) in [5.41, 5.74) is -0.00546. The highest BCUT2D eigenvalue weighted by Gasteiger charge is 2.30. The number of nitrogens with zero attached hydrogens (tertiary/aromatic N) is 3. The van der Waals surface area contributed by atoms with E-state index in [9.17, 15) is 9.18 Å². The van der Waals surface area contributed by atoms with Crippen LogP contribution in [0.3, 0.4) is 0 Å². The minimum Gasteiger partial charge on any atom is -0.340 e. The van der Waals surface area contributed by atoms with Crippen LogP contribution in [0.4, 0.5) is 4.39 Å². The van der Waals surface area contributed by atoms with Crippen molar-refractivity contribution in [2.75, 3.05) is 26.7 Å². The second kappa shape index (κ2) is 9.25. The number of piperazine rings is 1. The molecule has 7 nitrogen and oxygen atoms in total. The Kier molecular flexibility index (Phi) is 7.29. The van der Waals surface area contributed by atoms with E-state index >= 15 is 0 Å². The van der Waals surface area contributed by atoms with Gasteiger partial charge < -0.3 is 15.2 Å². The van der Waals surface area contributed by atoms with E-state index in [1.165, 1.54) is 12.1 Å². The lowest BCUT2D eigenvalue weighted by atomic mass is 10.0. The van der Waals surface area contributed by atoms with Gasteiger partial charge in [-0.15, -0.1) is 12.4 Å². The van der Waals surface area contributed by atoms with Crippen molar-refractivity contribution in [1.82, 2.24) is 25.7 Å². The Morgan fingerprint density at radius 1 is 1.41 bits per heavy atom. The number of benzene rings is 1. The number of halogens is 2. The van der Waals surface area contributed by atoms with Gasteiger partial charge in [0.1, 0.15) is 11.9 Å². The lowest BCUT2D eigenvalue weighted by molar-refractivity contribution is 0.0909. The SMILES string of the molecule is CC(C)C(NC(=O)c1ccccc1F)c1nc(C2CNCCN2C)no1.Cl. The van der Waals surface area contributed by atoms with Crippen molar-refractivity contribution >= 4 is 18.3 Å². The van der Waals surface area contributed by atoms with Crippen molar-refractivity contribution in [1.29, 1.82) is 0 Å². The average molecular weight is 398 g/mol. The van der Waals surface area contributed by atoms with Gasteiger partial charge in [-0.25, -0.2) is 4.39 Å². The fourth-order valence-corrected chi connectivity index (χ4v) is 2.98. The molecule has 0 aliphatic carbocycles. The molecule has 2 N–H and O–H groups in total. The van der Waals surface area contributed by atoms with Gasteiger partial charge in [0.05, 0.1) is 11.6 Å². The topological polar surface area (TPSA) is 83.3 Å². The summed E-state index contributed by atoms with van der Waals surface area (Å²) in [6.45, 7) is 6.43. The van der Waals surface area contributed by atoms with Crippen molar-refractivity contribution in [3.8, 4) is 0 Å². The van der Waals surface area contributed by atoms with Gasteiger partial charge in [0.2, 0.25) is 5.89 Å². The van der Waals surface area contributed by atoms with E-state index in [0.29, 0.717) is 11.7 Å². The van der Waals surface area contributed by atoms with Crippen LogP contribution < -0.4 is 10.6 Å². The fraction of sp³-hybridized carbons (Fsp3) is 0.500. The third-order valence-corrected chi connectivity index (χ3v) is 4.60. The molecule has 2 heterocycles. The fourth-order valence-electron chi connectivity index (χ4n) is 2.98. The number of likely N-dealkylation sites (N-methyl/N-ethyl adjacent to an activating group) is 1. The van der Waals surface area contributed by atoms with E-state index in [4.69, 9.17) is 4.52 Å². The van der Waals surface area contributed by atoms with Crippen LogP contribution in [0.2, 0.25) is 0 Å². The molecular formula is C18H25ClFN5O2. The maximum absolute atomic E-state index is 13.9. The Balaban J connectivity index is 0.00000261. The maximum Gasteiger partial charge on any atom is 0.254 e. The van der Waals surface area contributed by atoms with Crippen molar-refractivity contribution in [2.24, 2.45) is 5.92 Å². The third-order valence-electron chi connectivity index (χ3n) is 4.60. The number of carbonyl (C=O) groups is 1. The van der Waals surface area contributed by atoms with Crippen LogP contribution >= 0.6 is 12.4 Å². The second-order valence-electron chi connectivity index (χ2n) is 6.87. The first kappa shape index (κ1) is 21.3. The van der Waals surface area contributed by atoms with Crippen LogP contribution in [-0.4, -0.2) is 47.6 Å². The predicted molar refractivity (Wildman–Crippen MR) is 101 cm³/mol. The standard InChI is InChI=1S/C18H24FN5O2.ClH/c1-11(2)15(21-17(25)12-6-4-5-7-13(12)19)18-22-16(23-26-18)14-10-20-8-9-24(14)3;/h4-7,11,14-15,20H,8-10H2,1-3H3,(H,21,25);1H. The molecule has 1 saturated heterocycles. The van der Waals surface area contributed by atoms with Crippen LogP contribution in [0.1, 0.15) is 48.0 Å². The highest BCUT2D eigenvalue weighted by atomic mass is 35.5. The van der Waals surface area contributed by atoms with Crippen LogP contribution in [0.15, 0.2) is 28.8 Å². The smallest absolute Gasteiger partial charge is 0.254 e. The van der Waals surface area contributed by atoms with Crippen molar-refractivity contribution < 1.29 is 13.7 Å². The Hall–Kier alpha value is -2.03. The summed E-state index contributed by atoms with van der Waals surface area (Å²) >= 11 is 0. The van der Waals surface area contributed by atoms with Gasteiger partial charge in [-0.3, -0.25) is 9.69 Å². The van der Waals surface area contributed by atoms with E-state index in [2.05, 4.69) is 25.7 Å². The van der Waals surface area contributed by atoms with E-state index in [1.807, 2.05) is 20.9 Å². The zero-order valence-electron chi connectivity index (χ0n) is 15.6. The minimum atomic E-state index is -0.561. The van der Waals surface area contributed by atoms with Gasteiger partial charge in [-0.2, -0.15) is 4.98 Å². The number of carbonyl (C=O) groups excluding carboxylic acids is 1. The van der Waals surface area contributed by atoms with Crippen molar-refractivity contribution in [3.63, 3.8) is 0 Å². The number of hydrogen-bond donors (Lipinski definition) is 2. The summed E-state index contributed by atoms with van der Waals surface area (Å²) in [4.78, 5) is 19.1. The van der Waals surface area contributed by atoms with Gasteiger partial charge in [0.25, 0.3) is 5.91 Å². The number of amides is 1. The van der Waals surface area contributed by atoms with Gasteiger partial charge in [0, 0.05) is 19.6 Å². The molecule has 1 aromatic carbocycles. The Bertz CT molecular complexity index is 770. The third kappa shape index (κ3) is 4.82. The van der Waals surface area contributed by atoms with E-state index in [-0.39, 0.29) is 29.9 Å². The molecule has 2 aromatic rings. The Labute approximate surface area is 164 Å². The monoisotopic (exact) mass is 397 g/mol. The average Bonchev–Trinajstić information content (AvgIpc) is 3.09. The molecule has 2 atom stereocenters. The predicted octanol–water partition coefficient (Wildman–Crippen LogP) is 2.33. The molecule has 1 amide bonds. The molecule has 0 spiro atoms. The Morgan fingerprint density at radius 3 is 2.81 bits per heavy atom. The van der Waals surface area contributed by atoms with Crippen molar-refractivity contribution in [3.05, 3.63) is 47.4 Å². The highest BCUT2D eigenvalue weighted by molar-refractivity contribution is 5.94. The summed E-state index contributed by atoms with van der Waals surface area (Å²) in [7, 11) is 2.02. The van der Waals surface area contributed by atoms with Gasteiger partial charge in [-0.1, -0.05) is 31.1 Å². The summed E-state index contributed by atoms with van der Waals surface area (Å²) in [5.74, 6) is -0.146. The van der Waals surface area contributed by atoms with Gasteiger partial charge >= 0.3 is 0 Å². The quantitative estimate of drug-likeness (QED) is 0.805. The molecule has 1 fully saturated rings. The molecule has 148 valence electrons. The summed E-state index contributed by atoms with van der Waals surface area (Å²) in [5, 5.41) is 10.2. The first-order valence-corrected chi connectivity index (χ1v) is 8.77. The van der Waals surface area contributed by atoms with E-state index < -0.39 is 17.8 Å². The van der Waals surface area contributed by atoms with Crippen molar-refractivity contribution in [2.45, 2.75) is 25.9 Å². The summed E-state index contributed by atoms with van der Waals surface area (Å²) < 4.78 is 19.3. The molecular weight excluding hydrogens is 373 g/mol. The van der Waals surface area contributed by atoms with Gasteiger partial charge in [-0.05, 0) is 25.1 Å². The van der Waals surface area contributed by atoms with Crippen LogP contribution in [0.25, 0.3) is 0 Å². The number of aromatic nitrogens is 2. The zero-order chi connectivity index (χ0) is 18.7. The normalized spacial score (nSPS) is 18.8. The lowest BCUT2D eigenvalue weighted by Crippen LogP contribution is -2.44. The van der Waals surface area contributed by atoms with Crippen LogP contribution in [0.5, 0.6) is 0 Å². The van der Waals surface area contributed by atoms with E-state index in [0.717, 1.165) is 19.6 Å². The highest BCUT2D eigenvalue weighted by Crippen LogP contribution is 2.24. The molecule has 1 aromatic heterocycles. The minimum absolute atomic E-state index is 0. The number of nitrogens with one attached hydrogen (secondary N) is 2. The molecule has 1 aliphatic heterocycles. The van der Waals surface area contributed by atoms with E-state index in [1.54, 1.807) is 12.1 Å². The van der Waals surface area contributed by atoms with Crippen LogP contribution in [-0.2, 0) is 0 Å². The molecule has 3 rings (SSSR count). The summed E-state index contributed by atoms with van der Waals surface area (Å²) in [6, 6.07) is 5.41. The largest absolute Gasteiger partial charge is 0.340 e. The first-order chi connectivity index (χ1) is 12.5. The molecule has 0 saturated carbocycles. The zero-order valence-corrected chi connectivity index (χ0v) is 16.4. The Morgan fingerprint density at radius 2 is 2.15 bits per heavy atom. The van der Waals surface area contributed by atoms with Crippen LogP contribution in [0, 0.1) is 11.7 Å². The summed E-state index contributed by atoms with van der Waals surface area (Å²) in [6.07, 6.45) is 0. The molecule has 9 heteroatoms. The molecule has 1 aliphatic rings. The lowest BCUT2D eigenvalue weighted by Gasteiger charge is -2.30. The molecule has 27 heavy (non-hydrogen) atoms. The number of rotatable bonds is 5. The number of hydrogen-bond acceptors (Lipinski definition) is 6. The molecule has 0 bridgehead atoms. The second-order valence-corrected chi connectivity index (χ2v) is 6.87.